The number of nitrogens with zero attached hydrogens (tertiary/aromatic N) is 3. The zero-order valence-corrected chi connectivity index (χ0v) is 28.0. The van der Waals surface area contributed by atoms with Crippen molar-refractivity contribution in [1.82, 2.24) is 9.62 Å². The molecule has 0 unspecified atom stereocenters. The van der Waals surface area contributed by atoms with E-state index in [4.69, 9.17) is 21.1 Å². The fraction of sp³-hybridized carbons (Fsp3) is 0.382. The van der Waals surface area contributed by atoms with Gasteiger partial charge in [0.2, 0.25) is 0 Å². The lowest BCUT2D eigenvalue weighted by molar-refractivity contribution is -0.384. The van der Waals surface area contributed by atoms with E-state index in [-0.39, 0.29) is 27.9 Å². The van der Waals surface area contributed by atoms with Gasteiger partial charge in [0.15, 0.2) is 0 Å². The third-order valence-corrected chi connectivity index (χ3v) is 10.6. The van der Waals surface area contributed by atoms with E-state index in [0.717, 1.165) is 56.5 Å². The molecule has 0 saturated carbocycles. The van der Waals surface area contributed by atoms with Gasteiger partial charge in [0.1, 0.15) is 5.69 Å². The Balaban J connectivity index is 1.05. The molecule has 12 nitrogen and oxygen atoms in total. The molecule has 6 rings (SSSR count). The van der Waals surface area contributed by atoms with E-state index in [1.165, 1.54) is 23.3 Å². The van der Waals surface area contributed by atoms with Gasteiger partial charge in [-0.1, -0.05) is 23.7 Å². The lowest BCUT2D eigenvalue weighted by atomic mass is 9.96. The lowest BCUT2D eigenvalue weighted by Crippen LogP contribution is -2.47. The van der Waals surface area contributed by atoms with E-state index < -0.39 is 20.9 Å². The Morgan fingerprint density at radius 2 is 1.65 bits per heavy atom. The molecule has 48 heavy (non-hydrogen) atoms. The topological polar surface area (TPSA) is 143 Å². The number of carbonyl (C=O) groups is 1. The number of benzene rings is 3. The number of anilines is 2. The molecular formula is C34H38ClN5O7S. The van der Waals surface area contributed by atoms with E-state index in [2.05, 4.69) is 19.8 Å². The second-order valence-corrected chi connectivity index (χ2v) is 14.2. The van der Waals surface area contributed by atoms with Crippen LogP contribution in [0.2, 0.25) is 5.02 Å². The van der Waals surface area contributed by atoms with Crippen molar-refractivity contribution in [2.24, 2.45) is 0 Å². The van der Waals surface area contributed by atoms with E-state index in [1.807, 2.05) is 24.3 Å². The summed E-state index contributed by atoms with van der Waals surface area (Å²) in [5.41, 5.74) is 4.69. The molecule has 3 aliphatic rings. The molecule has 0 aliphatic carbocycles. The summed E-state index contributed by atoms with van der Waals surface area (Å²) >= 11 is 6.09. The van der Waals surface area contributed by atoms with Gasteiger partial charge in [-0.25, -0.2) is 13.1 Å². The van der Waals surface area contributed by atoms with Crippen molar-refractivity contribution >= 4 is 50.2 Å². The summed E-state index contributed by atoms with van der Waals surface area (Å²) < 4.78 is 39.3. The first-order chi connectivity index (χ1) is 23.2. The van der Waals surface area contributed by atoms with Crippen LogP contribution < -0.4 is 14.9 Å². The van der Waals surface area contributed by atoms with E-state index in [9.17, 15) is 23.3 Å². The fourth-order valence-electron chi connectivity index (χ4n) is 6.25. The zero-order chi connectivity index (χ0) is 33.7. The number of piperazine rings is 1. The summed E-state index contributed by atoms with van der Waals surface area (Å²) in [6.45, 7) is 6.63. The Bertz CT molecular complexity index is 1770. The van der Waals surface area contributed by atoms with Gasteiger partial charge in [-0.05, 0) is 84.5 Å². The van der Waals surface area contributed by atoms with Crippen LogP contribution in [0.15, 0.2) is 77.2 Å². The maximum absolute atomic E-state index is 13.1. The Labute approximate surface area is 284 Å². The number of hydrogen-bond donors (Lipinski definition) is 2. The Hall–Kier alpha value is -4.01. The number of halogens is 1. The molecular weight excluding hydrogens is 658 g/mol. The highest BCUT2D eigenvalue weighted by Crippen LogP contribution is 2.30. The smallest absolute Gasteiger partial charge is 0.293 e. The molecule has 3 heterocycles. The van der Waals surface area contributed by atoms with Gasteiger partial charge in [0, 0.05) is 74.3 Å². The molecule has 2 saturated heterocycles. The molecule has 0 radical (unpaired) electrons. The van der Waals surface area contributed by atoms with Gasteiger partial charge < -0.3 is 19.7 Å². The van der Waals surface area contributed by atoms with Crippen LogP contribution in [0.3, 0.4) is 0 Å². The number of nitro benzene ring substituents is 1. The minimum absolute atomic E-state index is 0.0184. The first-order valence-corrected chi connectivity index (χ1v) is 17.8. The Morgan fingerprint density at radius 3 is 2.33 bits per heavy atom. The molecule has 3 aromatic carbocycles. The maximum atomic E-state index is 13.1. The minimum atomic E-state index is -4.37. The summed E-state index contributed by atoms with van der Waals surface area (Å²) in [5.74, 6) is -0.820. The Morgan fingerprint density at radius 1 is 0.938 bits per heavy atom. The van der Waals surface area contributed by atoms with E-state index in [1.54, 1.807) is 24.3 Å². The summed E-state index contributed by atoms with van der Waals surface area (Å²) in [7, 11) is -4.37. The van der Waals surface area contributed by atoms with Crippen LogP contribution >= 0.6 is 11.6 Å². The number of nitro groups is 1. The van der Waals surface area contributed by atoms with Crippen LogP contribution in [-0.2, 0) is 19.5 Å². The monoisotopic (exact) mass is 695 g/mol. The average molecular weight is 696 g/mol. The molecule has 3 aromatic rings. The largest absolute Gasteiger partial charge is 0.381 e. The van der Waals surface area contributed by atoms with Crippen LogP contribution in [-0.4, -0.2) is 89.3 Å². The van der Waals surface area contributed by atoms with Crippen LogP contribution in [0, 0.1) is 10.1 Å². The van der Waals surface area contributed by atoms with Crippen molar-refractivity contribution in [2.45, 2.75) is 30.2 Å². The highest BCUT2D eigenvalue weighted by molar-refractivity contribution is 7.90. The van der Waals surface area contributed by atoms with Crippen molar-refractivity contribution in [1.29, 1.82) is 0 Å². The Kier molecular flexibility index (Phi) is 10.6. The normalized spacial score (nSPS) is 18.1. The number of rotatable bonds is 10. The molecule has 0 bridgehead atoms. The molecule has 3 aliphatic heterocycles. The van der Waals surface area contributed by atoms with Crippen molar-refractivity contribution in [2.75, 3.05) is 69.4 Å². The third kappa shape index (κ3) is 8.16. The minimum Gasteiger partial charge on any atom is -0.381 e. The predicted molar refractivity (Wildman–Crippen MR) is 184 cm³/mol. The number of hydrogen-bond acceptors (Lipinski definition) is 10. The van der Waals surface area contributed by atoms with Gasteiger partial charge >= 0.3 is 0 Å². The van der Waals surface area contributed by atoms with Crippen molar-refractivity contribution in [3.8, 4) is 0 Å². The first kappa shape index (κ1) is 33.9. The van der Waals surface area contributed by atoms with Gasteiger partial charge in [-0.3, -0.25) is 19.8 Å². The fourth-order valence-corrected chi connectivity index (χ4v) is 7.37. The van der Waals surface area contributed by atoms with Crippen LogP contribution in [0.1, 0.15) is 35.2 Å². The van der Waals surface area contributed by atoms with Crippen molar-refractivity contribution < 1.29 is 27.6 Å². The molecule has 1 amide bonds. The highest BCUT2D eigenvalue weighted by Gasteiger charge is 2.26. The molecule has 14 heteroatoms. The number of carbonyl (C=O) groups excluding carboxylic acids is 1. The maximum Gasteiger partial charge on any atom is 0.293 e. The quantitative estimate of drug-likeness (QED) is 0.221. The predicted octanol–water partition coefficient (Wildman–Crippen LogP) is 4.95. The van der Waals surface area contributed by atoms with Crippen LogP contribution in [0.4, 0.5) is 17.1 Å². The SMILES string of the molecule is O=C(NS(=O)(=O)c1ccc(NC2CCOCC2)c([N+](=O)[O-])c1)c1ccc(N2CCN(CC3=C(c4ccc(Cl)cc4)COCC3)CC2)cc1. The van der Waals surface area contributed by atoms with Gasteiger partial charge in [0.05, 0.1) is 23.0 Å². The van der Waals surface area contributed by atoms with Gasteiger partial charge in [-0.15, -0.1) is 0 Å². The number of ether oxygens (including phenoxy) is 2. The van der Waals surface area contributed by atoms with E-state index in [0.29, 0.717) is 44.3 Å². The van der Waals surface area contributed by atoms with Gasteiger partial charge in [0.25, 0.3) is 21.6 Å². The van der Waals surface area contributed by atoms with Crippen LogP contribution in [0.25, 0.3) is 5.57 Å². The van der Waals surface area contributed by atoms with Crippen molar-refractivity contribution in [3.63, 3.8) is 0 Å². The summed E-state index contributed by atoms with van der Waals surface area (Å²) in [4.78, 5) is 28.4. The number of nitrogens with one attached hydrogen (secondary N) is 2. The van der Waals surface area contributed by atoms with Crippen LogP contribution in [0.5, 0.6) is 0 Å². The van der Waals surface area contributed by atoms with E-state index >= 15 is 0 Å². The second kappa shape index (κ2) is 15.0. The highest BCUT2D eigenvalue weighted by atomic mass is 35.5. The first-order valence-electron chi connectivity index (χ1n) is 16.0. The standard InChI is InChI=1S/C34H38ClN5O7S/c35-27-5-1-24(2-6-27)31-23-47-18-11-26(31)22-38-14-16-39(17-15-38)29-7-3-25(4-8-29)34(41)37-48(44,45)30-9-10-32(33(21-30)40(42)43)36-28-12-19-46-20-13-28/h1-10,21,28,36H,11-20,22-23H2,(H,37,41). The molecule has 0 atom stereocenters. The molecule has 0 spiro atoms. The summed E-state index contributed by atoms with van der Waals surface area (Å²) in [6.07, 6.45) is 2.26. The third-order valence-electron chi connectivity index (χ3n) is 8.98. The lowest BCUT2D eigenvalue weighted by Gasteiger charge is -2.37. The molecule has 254 valence electrons. The summed E-state index contributed by atoms with van der Waals surface area (Å²) in [6, 6.07) is 18.2. The number of sulfonamides is 1. The summed E-state index contributed by atoms with van der Waals surface area (Å²) in [5, 5.41) is 15.6. The average Bonchev–Trinajstić information content (AvgIpc) is 3.09. The number of amides is 1. The second-order valence-electron chi connectivity index (χ2n) is 12.1. The molecule has 2 fully saturated rings. The molecule has 0 aromatic heterocycles. The zero-order valence-electron chi connectivity index (χ0n) is 26.4. The molecule has 2 N–H and O–H groups in total. The van der Waals surface area contributed by atoms with Crippen molar-refractivity contribution in [3.05, 3.63) is 98.6 Å². The van der Waals surface area contributed by atoms with Gasteiger partial charge in [-0.2, -0.15) is 0 Å².